The topological polar surface area (TPSA) is 104 Å². The van der Waals surface area contributed by atoms with E-state index in [9.17, 15) is 15.2 Å². The van der Waals surface area contributed by atoms with Gasteiger partial charge < -0.3 is 19.9 Å². The van der Waals surface area contributed by atoms with E-state index in [0.29, 0.717) is 41.5 Å². The van der Waals surface area contributed by atoms with Crippen LogP contribution in [0.3, 0.4) is 0 Å². The van der Waals surface area contributed by atoms with Crippen molar-refractivity contribution in [3.05, 3.63) is 69.2 Å². The van der Waals surface area contributed by atoms with Crippen LogP contribution in [0.1, 0.15) is 30.2 Å². The number of hydrogen-bond donors (Lipinski definition) is 3. The van der Waals surface area contributed by atoms with Crippen molar-refractivity contribution in [2.24, 2.45) is 0 Å². The van der Waals surface area contributed by atoms with Crippen LogP contribution in [0.15, 0.2) is 53.0 Å². The van der Waals surface area contributed by atoms with Gasteiger partial charge in [0.25, 0.3) is 0 Å². The molecule has 1 saturated carbocycles. The molecule has 1 aliphatic carbocycles. The Hall–Kier alpha value is -2.57. The van der Waals surface area contributed by atoms with Crippen LogP contribution in [0.2, 0.25) is 5.02 Å². The van der Waals surface area contributed by atoms with E-state index in [-0.39, 0.29) is 18.9 Å². The normalized spacial score (nSPS) is 22.7. The summed E-state index contributed by atoms with van der Waals surface area (Å²) in [7, 11) is 0. The van der Waals surface area contributed by atoms with Gasteiger partial charge in [0.05, 0.1) is 17.1 Å². The molecule has 2 aliphatic heterocycles. The van der Waals surface area contributed by atoms with E-state index in [1.54, 1.807) is 24.3 Å². The first-order chi connectivity index (χ1) is 15.9. The minimum Gasteiger partial charge on any atom is -0.489 e. The van der Waals surface area contributed by atoms with Crippen LogP contribution >= 0.6 is 27.5 Å². The van der Waals surface area contributed by atoms with Gasteiger partial charge >= 0.3 is 0 Å². The fraction of sp³-hybridized carbons (Fsp3) is 0.333. The van der Waals surface area contributed by atoms with Gasteiger partial charge in [0.2, 0.25) is 5.91 Å². The minimum absolute atomic E-state index is 0.245. The molecule has 0 radical (unpaired) electrons. The van der Waals surface area contributed by atoms with E-state index in [4.69, 9.17) is 21.1 Å². The molecule has 2 heterocycles. The van der Waals surface area contributed by atoms with Crippen LogP contribution in [0.25, 0.3) is 0 Å². The average molecular weight is 533 g/mol. The Labute approximate surface area is 205 Å². The maximum atomic E-state index is 13.1. The van der Waals surface area contributed by atoms with Gasteiger partial charge in [-0.15, -0.1) is 0 Å². The number of nitriles is 1. The van der Waals surface area contributed by atoms with E-state index in [1.807, 2.05) is 24.3 Å². The Balaban J connectivity index is 1.67. The van der Waals surface area contributed by atoms with Crippen molar-refractivity contribution in [1.82, 2.24) is 10.6 Å². The number of halogens is 2. The van der Waals surface area contributed by atoms with E-state index >= 15 is 0 Å². The number of benzene rings is 2. The number of nitrogens with one attached hydrogen (secondary N) is 2. The molecule has 3 N–H and O–H groups in total. The van der Waals surface area contributed by atoms with Gasteiger partial charge in [0.15, 0.2) is 0 Å². The number of nitrogens with zero attached hydrogens (tertiary/aromatic N) is 1. The lowest BCUT2D eigenvalue weighted by atomic mass is 10.0. The van der Waals surface area contributed by atoms with E-state index in [1.165, 1.54) is 0 Å². The third kappa shape index (κ3) is 5.87. The minimum atomic E-state index is -1.19. The number of rotatable bonds is 2. The Kier molecular flexibility index (Phi) is 7.25. The Morgan fingerprint density at radius 3 is 2.55 bits per heavy atom. The summed E-state index contributed by atoms with van der Waals surface area (Å²) in [5.41, 5.74) is 0.432. The molecule has 2 bridgehead atoms. The van der Waals surface area contributed by atoms with Gasteiger partial charge in [-0.3, -0.25) is 10.1 Å². The average Bonchev–Trinajstić information content (AvgIpc) is 3.56. The molecule has 3 aliphatic rings. The highest BCUT2D eigenvalue weighted by atomic mass is 79.9. The molecule has 0 saturated heterocycles. The molecule has 1 fully saturated rings. The molecule has 9 heteroatoms. The largest absolute Gasteiger partial charge is 0.489 e. The van der Waals surface area contributed by atoms with Crippen LogP contribution in [0.4, 0.5) is 0 Å². The van der Waals surface area contributed by atoms with Crippen LogP contribution < -0.4 is 20.1 Å². The quantitative estimate of drug-likeness (QED) is 0.509. The molecule has 1 unspecified atom stereocenters. The summed E-state index contributed by atoms with van der Waals surface area (Å²) < 4.78 is 12.3. The molecule has 172 valence electrons. The zero-order chi connectivity index (χ0) is 23.4. The Morgan fingerprint density at radius 1 is 1.18 bits per heavy atom. The van der Waals surface area contributed by atoms with Gasteiger partial charge in [-0.1, -0.05) is 33.6 Å². The predicted octanol–water partition coefficient (Wildman–Crippen LogP) is 3.79. The lowest BCUT2D eigenvalue weighted by Gasteiger charge is -2.25. The van der Waals surface area contributed by atoms with E-state index in [2.05, 4.69) is 32.6 Å². The second-order valence-corrected chi connectivity index (χ2v) is 9.37. The molecular formula is C24H23BrClN3O4. The number of ether oxygens (including phenoxy) is 2. The van der Waals surface area contributed by atoms with Crippen molar-refractivity contribution in [3.63, 3.8) is 0 Å². The molecule has 0 aromatic heterocycles. The summed E-state index contributed by atoms with van der Waals surface area (Å²) >= 11 is 9.80. The first kappa shape index (κ1) is 23.6. The summed E-state index contributed by atoms with van der Waals surface area (Å²) in [6.45, 7) is 0.590. The third-order valence-corrected chi connectivity index (χ3v) is 6.33. The number of carbonyl (C=O) groups is 1. The SMILES string of the molecule is N#CC1(NC(=O)[C@@H]2Cc3ccc(c(Cl)c3)OC/C=C/COc3ccc(Br)cc3C(O)N2)CC1. The van der Waals surface area contributed by atoms with Gasteiger partial charge in [0.1, 0.15) is 36.5 Å². The molecule has 0 spiro atoms. The summed E-state index contributed by atoms with van der Waals surface area (Å²) in [5.74, 6) is 0.645. The van der Waals surface area contributed by atoms with Crippen molar-refractivity contribution in [2.75, 3.05) is 13.2 Å². The highest BCUT2D eigenvalue weighted by Crippen LogP contribution is 2.35. The highest BCUT2D eigenvalue weighted by Gasteiger charge is 2.45. The number of hydrogen-bond acceptors (Lipinski definition) is 6. The number of carbonyl (C=O) groups excluding carboxylic acids is 1. The summed E-state index contributed by atoms with van der Waals surface area (Å²) in [4.78, 5) is 13.1. The van der Waals surface area contributed by atoms with Gasteiger partial charge in [-0.25, -0.2) is 0 Å². The molecule has 2 aromatic rings. The Bertz CT molecular complexity index is 1110. The molecule has 1 amide bonds. The predicted molar refractivity (Wildman–Crippen MR) is 127 cm³/mol. The van der Waals surface area contributed by atoms with Crippen LogP contribution in [0, 0.1) is 11.3 Å². The number of aliphatic hydroxyl groups excluding tert-OH is 1. The fourth-order valence-electron chi connectivity index (χ4n) is 3.52. The summed E-state index contributed by atoms with van der Waals surface area (Å²) in [5, 5.41) is 26.7. The monoisotopic (exact) mass is 531 g/mol. The first-order valence-electron chi connectivity index (χ1n) is 10.5. The van der Waals surface area contributed by atoms with Gasteiger partial charge in [0, 0.05) is 10.0 Å². The fourth-order valence-corrected chi connectivity index (χ4v) is 4.16. The second-order valence-electron chi connectivity index (χ2n) is 8.05. The standard InChI is InChI=1S/C24H23BrClN3O4/c25-16-4-6-20-17(13-16)22(30)28-19(23(31)29-24(14-27)7-8-24)12-15-3-5-21(18(26)11-15)33-10-2-1-9-32-20/h1-6,11,13,19,22,28,30H,7-10,12H2,(H,29,31)/b2-1+/t19-,22?/m0/s1. The number of aliphatic hydroxyl groups is 1. The van der Waals surface area contributed by atoms with Crippen molar-refractivity contribution < 1.29 is 19.4 Å². The molecule has 2 atom stereocenters. The first-order valence-corrected chi connectivity index (χ1v) is 11.7. The third-order valence-electron chi connectivity index (χ3n) is 5.54. The van der Waals surface area contributed by atoms with Crippen molar-refractivity contribution >= 4 is 33.4 Å². The zero-order valence-corrected chi connectivity index (χ0v) is 20.0. The van der Waals surface area contributed by atoms with Gasteiger partial charge in [-0.2, -0.15) is 5.26 Å². The van der Waals surface area contributed by atoms with Gasteiger partial charge in [-0.05, 0) is 67.3 Å². The summed E-state index contributed by atoms with van der Waals surface area (Å²) in [6, 6.07) is 12.0. The molecular weight excluding hydrogens is 510 g/mol. The van der Waals surface area contributed by atoms with Crippen molar-refractivity contribution in [1.29, 1.82) is 5.26 Å². The van der Waals surface area contributed by atoms with Crippen LogP contribution in [0.5, 0.6) is 11.5 Å². The van der Waals surface area contributed by atoms with E-state index < -0.39 is 17.8 Å². The lowest BCUT2D eigenvalue weighted by Crippen LogP contribution is -2.50. The van der Waals surface area contributed by atoms with E-state index in [0.717, 1.165) is 10.0 Å². The lowest BCUT2D eigenvalue weighted by molar-refractivity contribution is -0.124. The zero-order valence-electron chi connectivity index (χ0n) is 17.7. The molecule has 33 heavy (non-hydrogen) atoms. The number of fused-ring (bicyclic) bond motifs is 9. The Morgan fingerprint density at radius 2 is 1.88 bits per heavy atom. The molecule has 7 nitrogen and oxygen atoms in total. The summed E-state index contributed by atoms with van der Waals surface area (Å²) in [6.07, 6.45) is 3.91. The van der Waals surface area contributed by atoms with Crippen LogP contribution in [-0.2, 0) is 11.2 Å². The molecule has 5 rings (SSSR count). The smallest absolute Gasteiger partial charge is 0.238 e. The number of amides is 1. The highest BCUT2D eigenvalue weighted by molar-refractivity contribution is 9.10. The van der Waals surface area contributed by atoms with Crippen molar-refractivity contribution in [2.45, 2.75) is 37.1 Å². The molecule has 2 aromatic carbocycles. The maximum Gasteiger partial charge on any atom is 0.238 e. The second kappa shape index (κ2) is 10.1. The van der Waals surface area contributed by atoms with Crippen molar-refractivity contribution in [3.8, 4) is 17.6 Å². The van der Waals surface area contributed by atoms with Crippen LogP contribution in [-0.4, -0.2) is 35.8 Å². The maximum absolute atomic E-state index is 13.1.